The first-order valence-electron chi connectivity index (χ1n) is 3.79. The van der Waals surface area contributed by atoms with Crippen molar-refractivity contribution in [3.63, 3.8) is 0 Å². The summed E-state index contributed by atoms with van der Waals surface area (Å²) in [5, 5.41) is 2.94. The molecule has 0 fully saturated rings. The van der Waals surface area contributed by atoms with Crippen molar-refractivity contribution in [1.82, 2.24) is 0 Å². The van der Waals surface area contributed by atoms with Gasteiger partial charge in [0.2, 0.25) is 5.91 Å². The minimum absolute atomic E-state index is 0.445. The number of rotatable bonds is 1. The van der Waals surface area contributed by atoms with E-state index in [4.69, 9.17) is 10.5 Å². The lowest BCUT2D eigenvalue weighted by atomic mass is 10.1. The highest BCUT2D eigenvalue weighted by atomic mass is 16.5. The molecule has 0 unspecified atom stereocenters. The summed E-state index contributed by atoms with van der Waals surface area (Å²) in [5.74, 6) is 0.242. The SMILES string of the molecule is NC(=O)c1ccc2c(c1)NC=CO2. The standard InChI is InChI=1S/C9H8N2O2/c10-9(12)6-1-2-8-7(5-6)11-3-4-13-8/h1-5,11H,(H2,10,12). The Morgan fingerprint density at radius 2 is 2.31 bits per heavy atom. The largest absolute Gasteiger partial charge is 0.461 e. The molecule has 4 nitrogen and oxygen atoms in total. The Kier molecular flexibility index (Phi) is 1.66. The van der Waals surface area contributed by atoms with Crippen LogP contribution in [0.4, 0.5) is 5.69 Å². The summed E-state index contributed by atoms with van der Waals surface area (Å²) in [6, 6.07) is 4.98. The molecule has 0 radical (unpaired) electrons. The van der Waals surface area contributed by atoms with Crippen molar-refractivity contribution in [2.24, 2.45) is 5.73 Å². The molecular formula is C9H8N2O2. The molecule has 1 heterocycles. The number of anilines is 1. The van der Waals surface area contributed by atoms with Crippen LogP contribution in [0.3, 0.4) is 0 Å². The zero-order valence-electron chi connectivity index (χ0n) is 6.78. The van der Waals surface area contributed by atoms with Gasteiger partial charge in [-0.1, -0.05) is 0 Å². The smallest absolute Gasteiger partial charge is 0.248 e. The van der Waals surface area contributed by atoms with Crippen LogP contribution in [0.15, 0.2) is 30.7 Å². The fourth-order valence-corrected chi connectivity index (χ4v) is 1.13. The number of primary amides is 1. The van der Waals surface area contributed by atoms with Gasteiger partial charge in [-0.05, 0) is 18.2 Å². The summed E-state index contributed by atoms with van der Waals surface area (Å²) in [5.41, 5.74) is 6.33. The predicted molar refractivity (Wildman–Crippen MR) is 48.4 cm³/mol. The molecule has 0 saturated heterocycles. The van der Waals surface area contributed by atoms with Gasteiger partial charge in [-0.2, -0.15) is 0 Å². The van der Waals surface area contributed by atoms with Gasteiger partial charge < -0.3 is 15.8 Å². The van der Waals surface area contributed by atoms with Crippen LogP contribution in [0, 0.1) is 0 Å². The van der Waals surface area contributed by atoms with E-state index in [1.807, 2.05) is 0 Å². The van der Waals surface area contributed by atoms with Crippen LogP contribution in [0.5, 0.6) is 5.75 Å². The molecule has 0 aromatic heterocycles. The van der Waals surface area contributed by atoms with Gasteiger partial charge in [-0.3, -0.25) is 4.79 Å². The van der Waals surface area contributed by atoms with Gasteiger partial charge in [-0.25, -0.2) is 0 Å². The fraction of sp³-hybridized carbons (Fsp3) is 0. The van der Waals surface area contributed by atoms with Gasteiger partial charge in [-0.15, -0.1) is 0 Å². The summed E-state index contributed by atoms with van der Waals surface area (Å²) in [6.07, 6.45) is 3.18. The maximum absolute atomic E-state index is 10.8. The van der Waals surface area contributed by atoms with Crippen molar-refractivity contribution >= 4 is 11.6 Å². The Balaban J connectivity index is 2.44. The van der Waals surface area contributed by atoms with Gasteiger partial charge in [0.05, 0.1) is 5.69 Å². The highest BCUT2D eigenvalue weighted by Gasteiger charge is 2.08. The lowest BCUT2D eigenvalue weighted by Gasteiger charge is -2.13. The maximum Gasteiger partial charge on any atom is 0.248 e. The summed E-state index contributed by atoms with van der Waals surface area (Å²) in [7, 11) is 0. The van der Waals surface area contributed by atoms with Crippen LogP contribution >= 0.6 is 0 Å². The number of hydrogen-bond acceptors (Lipinski definition) is 3. The molecule has 0 saturated carbocycles. The molecule has 2 rings (SSSR count). The zero-order valence-corrected chi connectivity index (χ0v) is 6.78. The minimum Gasteiger partial charge on any atom is -0.461 e. The third kappa shape index (κ3) is 1.33. The van der Waals surface area contributed by atoms with Crippen molar-refractivity contribution in [2.75, 3.05) is 5.32 Å². The number of benzene rings is 1. The first-order valence-corrected chi connectivity index (χ1v) is 3.79. The summed E-state index contributed by atoms with van der Waals surface area (Å²) in [4.78, 5) is 10.8. The van der Waals surface area contributed by atoms with E-state index in [1.165, 1.54) is 6.26 Å². The number of carbonyl (C=O) groups is 1. The second-order valence-electron chi connectivity index (χ2n) is 2.64. The number of ether oxygens (including phenoxy) is 1. The topological polar surface area (TPSA) is 64.4 Å². The van der Waals surface area contributed by atoms with Crippen molar-refractivity contribution in [3.8, 4) is 5.75 Å². The van der Waals surface area contributed by atoms with E-state index in [0.717, 1.165) is 5.69 Å². The number of nitrogens with two attached hydrogens (primary N) is 1. The molecule has 4 heteroatoms. The monoisotopic (exact) mass is 176 g/mol. The highest BCUT2D eigenvalue weighted by Crippen LogP contribution is 2.28. The van der Waals surface area contributed by atoms with Gasteiger partial charge in [0.15, 0.2) is 0 Å². The molecule has 0 spiro atoms. The van der Waals surface area contributed by atoms with Gasteiger partial charge >= 0.3 is 0 Å². The Morgan fingerprint density at radius 3 is 3.08 bits per heavy atom. The minimum atomic E-state index is -0.445. The molecule has 1 aromatic carbocycles. The summed E-state index contributed by atoms with van der Waals surface area (Å²) >= 11 is 0. The van der Waals surface area contributed by atoms with Crippen molar-refractivity contribution in [2.45, 2.75) is 0 Å². The quantitative estimate of drug-likeness (QED) is 0.672. The van der Waals surface area contributed by atoms with Crippen LogP contribution in [-0.2, 0) is 0 Å². The Hall–Kier alpha value is -1.97. The number of nitrogens with one attached hydrogen (secondary N) is 1. The molecule has 1 aliphatic rings. The molecule has 3 N–H and O–H groups in total. The molecule has 1 aliphatic heterocycles. The molecule has 0 atom stereocenters. The molecule has 1 aromatic rings. The molecule has 0 bridgehead atoms. The molecular weight excluding hydrogens is 168 g/mol. The van der Waals surface area contributed by atoms with Crippen LogP contribution in [0.1, 0.15) is 10.4 Å². The molecule has 1 amide bonds. The number of amides is 1. The Morgan fingerprint density at radius 1 is 1.46 bits per heavy atom. The van der Waals surface area contributed by atoms with Crippen molar-refractivity contribution in [3.05, 3.63) is 36.2 Å². The average Bonchev–Trinajstić information content (AvgIpc) is 2.17. The first-order chi connectivity index (χ1) is 6.27. The van der Waals surface area contributed by atoms with E-state index < -0.39 is 5.91 Å². The van der Waals surface area contributed by atoms with E-state index >= 15 is 0 Å². The lowest BCUT2D eigenvalue weighted by molar-refractivity contribution is 0.100. The normalized spacial score (nSPS) is 12.6. The van der Waals surface area contributed by atoms with Gasteiger partial charge in [0.1, 0.15) is 12.0 Å². The van der Waals surface area contributed by atoms with Crippen LogP contribution < -0.4 is 15.8 Å². The van der Waals surface area contributed by atoms with Gasteiger partial charge in [0.25, 0.3) is 0 Å². The highest BCUT2D eigenvalue weighted by molar-refractivity contribution is 5.94. The summed E-state index contributed by atoms with van der Waals surface area (Å²) < 4.78 is 5.16. The second-order valence-corrected chi connectivity index (χ2v) is 2.64. The molecule has 66 valence electrons. The average molecular weight is 176 g/mol. The van der Waals surface area contributed by atoms with Gasteiger partial charge in [0, 0.05) is 11.8 Å². The third-order valence-electron chi connectivity index (χ3n) is 1.77. The number of hydrogen-bond donors (Lipinski definition) is 2. The number of carbonyl (C=O) groups excluding carboxylic acids is 1. The summed E-state index contributed by atoms with van der Waals surface area (Å²) in [6.45, 7) is 0. The van der Waals surface area contributed by atoms with Crippen molar-refractivity contribution in [1.29, 1.82) is 0 Å². The molecule has 0 aliphatic carbocycles. The predicted octanol–water partition coefficient (Wildman–Crippen LogP) is 1.06. The molecule has 13 heavy (non-hydrogen) atoms. The maximum atomic E-state index is 10.8. The van der Waals surface area contributed by atoms with Crippen LogP contribution in [0.25, 0.3) is 0 Å². The third-order valence-corrected chi connectivity index (χ3v) is 1.77. The Labute approximate surface area is 75.0 Å². The van der Waals surface area contributed by atoms with E-state index in [2.05, 4.69) is 5.32 Å². The van der Waals surface area contributed by atoms with Crippen molar-refractivity contribution < 1.29 is 9.53 Å². The van der Waals surface area contributed by atoms with E-state index in [1.54, 1.807) is 24.4 Å². The van der Waals surface area contributed by atoms with E-state index in [9.17, 15) is 4.79 Å². The number of fused-ring (bicyclic) bond motifs is 1. The van der Waals surface area contributed by atoms with E-state index in [0.29, 0.717) is 11.3 Å². The lowest BCUT2D eigenvalue weighted by Crippen LogP contribution is -2.11. The van der Waals surface area contributed by atoms with Crippen LogP contribution in [-0.4, -0.2) is 5.91 Å². The van der Waals surface area contributed by atoms with E-state index in [-0.39, 0.29) is 0 Å². The first kappa shape index (κ1) is 7.67. The zero-order chi connectivity index (χ0) is 9.26. The second kappa shape index (κ2) is 2.82. The Bertz CT molecular complexity index is 385. The van der Waals surface area contributed by atoms with Crippen LogP contribution in [0.2, 0.25) is 0 Å². The fourth-order valence-electron chi connectivity index (χ4n) is 1.13.